The zero-order valence-corrected chi connectivity index (χ0v) is 12.5. The quantitative estimate of drug-likeness (QED) is 0.798. The fourth-order valence-corrected chi connectivity index (χ4v) is 2.88. The van der Waals surface area contributed by atoms with Gasteiger partial charge in [-0.1, -0.05) is 39.7 Å². The number of ether oxygens (including phenoxy) is 1. The highest BCUT2D eigenvalue weighted by Gasteiger charge is 2.21. The van der Waals surface area contributed by atoms with Crippen molar-refractivity contribution in [3.8, 4) is 5.75 Å². The van der Waals surface area contributed by atoms with Crippen molar-refractivity contribution in [1.82, 2.24) is 5.32 Å². The van der Waals surface area contributed by atoms with Gasteiger partial charge in [-0.15, -0.1) is 0 Å². The third-order valence-corrected chi connectivity index (χ3v) is 4.28. The van der Waals surface area contributed by atoms with Crippen LogP contribution in [0.3, 0.4) is 0 Å². The molecule has 0 aliphatic heterocycles. The predicted octanol–water partition coefficient (Wildman–Crippen LogP) is 4.10. The van der Waals surface area contributed by atoms with Gasteiger partial charge in [0.1, 0.15) is 5.75 Å². The van der Waals surface area contributed by atoms with E-state index in [1.165, 1.54) is 36.8 Å². The number of fused-ring (bicyclic) bond motifs is 1. The smallest absolute Gasteiger partial charge is 0.119 e. The lowest BCUT2D eigenvalue weighted by Crippen LogP contribution is -2.18. The summed E-state index contributed by atoms with van der Waals surface area (Å²) in [5.74, 6) is 1.73. The molecule has 106 valence electrons. The van der Waals surface area contributed by atoms with E-state index in [0.717, 1.165) is 18.9 Å². The van der Waals surface area contributed by atoms with E-state index in [4.69, 9.17) is 4.74 Å². The van der Waals surface area contributed by atoms with Gasteiger partial charge in [0.15, 0.2) is 0 Å². The number of benzene rings is 1. The molecule has 1 aromatic rings. The molecule has 0 heterocycles. The highest BCUT2D eigenvalue weighted by Crippen LogP contribution is 2.33. The molecule has 1 atom stereocenters. The van der Waals surface area contributed by atoms with Gasteiger partial charge in [-0.2, -0.15) is 0 Å². The Labute approximate surface area is 117 Å². The van der Waals surface area contributed by atoms with Crippen molar-refractivity contribution in [3.63, 3.8) is 0 Å². The molecule has 0 saturated heterocycles. The summed E-state index contributed by atoms with van der Waals surface area (Å²) in [7, 11) is 0. The van der Waals surface area contributed by atoms with E-state index in [1.807, 2.05) is 0 Å². The second-order valence-electron chi connectivity index (χ2n) is 5.50. The van der Waals surface area contributed by atoms with Gasteiger partial charge in [-0.05, 0) is 48.6 Å². The van der Waals surface area contributed by atoms with Crippen LogP contribution >= 0.6 is 0 Å². The standard InChI is InChI=1S/C17H27NO/c1-4-13(5-2)12-19-15-8-9-16-14(11-15)7-10-17(16)18-6-3/h8-9,11,13,17-18H,4-7,10,12H2,1-3H3. The average molecular weight is 261 g/mol. The maximum atomic E-state index is 5.95. The fourth-order valence-electron chi connectivity index (χ4n) is 2.88. The molecule has 1 N–H and O–H groups in total. The van der Waals surface area contributed by atoms with Gasteiger partial charge in [0.2, 0.25) is 0 Å². The first-order valence-electron chi connectivity index (χ1n) is 7.77. The van der Waals surface area contributed by atoms with Gasteiger partial charge in [0.05, 0.1) is 6.61 Å². The van der Waals surface area contributed by atoms with Crippen LogP contribution in [-0.2, 0) is 6.42 Å². The minimum Gasteiger partial charge on any atom is -0.493 e. The highest BCUT2D eigenvalue weighted by molar-refractivity contribution is 5.40. The molecule has 0 aromatic heterocycles. The average Bonchev–Trinajstić information content (AvgIpc) is 2.83. The van der Waals surface area contributed by atoms with Crippen LogP contribution in [0.1, 0.15) is 57.2 Å². The van der Waals surface area contributed by atoms with E-state index in [1.54, 1.807) is 0 Å². The van der Waals surface area contributed by atoms with Crippen molar-refractivity contribution in [2.24, 2.45) is 5.92 Å². The number of aryl methyl sites for hydroxylation is 1. The van der Waals surface area contributed by atoms with Crippen LogP contribution < -0.4 is 10.1 Å². The van der Waals surface area contributed by atoms with Crippen molar-refractivity contribution in [3.05, 3.63) is 29.3 Å². The molecular weight excluding hydrogens is 234 g/mol. The Hall–Kier alpha value is -1.02. The SMILES string of the molecule is CCNC1CCc2cc(OCC(CC)CC)ccc21. The van der Waals surface area contributed by atoms with Gasteiger partial charge >= 0.3 is 0 Å². The molecule has 19 heavy (non-hydrogen) atoms. The first-order chi connectivity index (χ1) is 9.28. The monoisotopic (exact) mass is 261 g/mol. The minimum atomic E-state index is 0.549. The van der Waals surface area contributed by atoms with Crippen molar-refractivity contribution >= 4 is 0 Å². The Balaban J connectivity index is 1.98. The minimum absolute atomic E-state index is 0.549. The molecular formula is C17H27NO. The fraction of sp³-hybridized carbons (Fsp3) is 0.647. The third-order valence-electron chi connectivity index (χ3n) is 4.28. The number of rotatable bonds is 7. The summed E-state index contributed by atoms with van der Waals surface area (Å²) in [6, 6.07) is 7.18. The van der Waals surface area contributed by atoms with Gasteiger partial charge < -0.3 is 10.1 Å². The van der Waals surface area contributed by atoms with E-state index in [0.29, 0.717) is 12.0 Å². The Bertz CT molecular complexity index is 398. The van der Waals surface area contributed by atoms with E-state index in [9.17, 15) is 0 Å². The second kappa shape index (κ2) is 6.95. The van der Waals surface area contributed by atoms with Crippen LogP contribution in [0, 0.1) is 5.92 Å². The molecule has 1 aliphatic rings. The summed E-state index contributed by atoms with van der Waals surface area (Å²) in [4.78, 5) is 0. The molecule has 0 bridgehead atoms. The molecule has 2 heteroatoms. The summed E-state index contributed by atoms with van der Waals surface area (Å²) in [5, 5.41) is 3.55. The largest absolute Gasteiger partial charge is 0.493 e. The summed E-state index contributed by atoms with van der Waals surface area (Å²) in [5.41, 5.74) is 2.93. The lowest BCUT2D eigenvalue weighted by Gasteiger charge is -2.15. The van der Waals surface area contributed by atoms with Gasteiger partial charge in [-0.25, -0.2) is 0 Å². The van der Waals surface area contributed by atoms with Crippen LogP contribution in [0.25, 0.3) is 0 Å². The number of hydrogen-bond acceptors (Lipinski definition) is 2. The normalized spacial score (nSPS) is 17.8. The Morgan fingerprint density at radius 2 is 2.05 bits per heavy atom. The van der Waals surface area contributed by atoms with Crippen LogP contribution in [0.4, 0.5) is 0 Å². The van der Waals surface area contributed by atoms with Crippen molar-refractivity contribution in [1.29, 1.82) is 0 Å². The Morgan fingerprint density at radius 1 is 1.26 bits per heavy atom. The Morgan fingerprint density at radius 3 is 2.74 bits per heavy atom. The molecule has 0 amide bonds. The molecule has 1 aliphatic carbocycles. The summed E-state index contributed by atoms with van der Waals surface area (Å²) in [6.45, 7) is 8.53. The number of nitrogens with one attached hydrogen (secondary N) is 1. The van der Waals surface area contributed by atoms with Gasteiger partial charge in [0, 0.05) is 6.04 Å². The van der Waals surface area contributed by atoms with Crippen LogP contribution in [0.5, 0.6) is 5.75 Å². The molecule has 1 aromatic carbocycles. The van der Waals surface area contributed by atoms with Crippen molar-refractivity contribution in [2.75, 3.05) is 13.2 Å². The topological polar surface area (TPSA) is 21.3 Å². The van der Waals surface area contributed by atoms with Crippen molar-refractivity contribution < 1.29 is 4.74 Å². The van der Waals surface area contributed by atoms with Crippen LogP contribution in [0.15, 0.2) is 18.2 Å². The predicted molar refractivity (Wildman–Crippen MR) is 80.7 cm³/mol. The van der Waals surface area contributed by atoms with Gasteiger partial charge in [0.25, 0.3) is 0 Å². The van der Waals surface area contributed by atoms with E-state index >= 15 is 0 Å². The zero-order valence-electron chi connectivity index (χ0n) is 12.5. The maximum absolute atomic E-state index is 5.95. The molecule has 0 saturated carbocycles. The summed E-state index contributed by atoms with van der Waals surface area (Å²) < 4.78 is 5.95. The van der Waals surface area contributed by atoms with Crippen molar-refractivity contribution in [2.45, 2.75) is 52.5 Å². The van der Waals surface area contributed by atoms with Gasteiger partial charge in [-0.3, -0.25) is 0 Å². The lowest BCUT2D eigenvalue weighted by atomic mass is 10.1. The molecule has 1 unspecified atom stereocenters. The zero-order chi connectivity index (χ0) is 13.7. The maximum Gasteiger partial charge on any atom is 0.119 e. The second-order valence-corrected chi connectivity index (χ2v) is 5.50. The first-order valence-corrected chi connectivity index (χ1v) is 7.77. The Kier molecular flexibility index (Phi) is 5.26. The van der Waals surface area contributed by atoms with Crippen LogP contribution in [-0.4, -0.2) is 13.2 Å². The molecule has 2 rings (SSSR count). The first kappa shape index (κ1) is 14.4. The van der Waals surface area contributed by atoms with E-state index in [2.05, 4.69) is 44.3 Å². The lowest BCUT2D eigenvalue weighted by molar-refractivity contribution is 0.240. The van der Waals surface area contributed by atoms with Crippen LogP contribution in [0.2, 0.25) is 0 Å². The summed E-state index contributed by atoms with van der Waals surface area (Å²) >= 11 is 0. The highest BCUT2D eigenvalue weighted by atomic mass is 16.5. The van der Waals surface area contributed by atoms with E-state index in [-0.39, 0.29) is 0 Å². The molecule has 0 spiro atoms. The molecule has 0 fully saturated rings. The third kappa shape index (κ3) is 3.50. The molecule has 2 nitrogen and oxygen atoms in total. The van der Waals surface area contributed by atoms with E-state index < -0.39 is 0 Å². The molecule has 0 radical (unpaired) electrons. The number of hydrogen-bond donors (Lipinski definition) is 1. The summed E-state index contributed by atoms with van der Waals surface area (Å²) in [6.07, 6.45) is 4.79.